The minimum absolute atomic E-state index is 0.0491. The molecule has 0 aliphatic heterocycles. The molecule has 1 aliphatic carbocycles. The number of rotatable bonds is 2. The fourth-order valence-corrected chi connectivity index (χ4v) is 3.41. The molecule has 19 heavy (non-hydrogen) atoms. The van der Waals surface area contributed by atoms with Crippen molar-refractivity contribution in [3.05, 3.63) is 27.7 Å². The van der Waals surface area contributed by atoms with Crippen LogP contribution >= 0.6 is 23.2 Å². The highest BCUT2D eigenvalue weighted by Gasteiger charge is 2.43. The molecule has 2 rings (SSSR count). The molecule has 0 radical (unpaired) electrons. The Hall–Kier alpha value is -0.930. The number of carbonyl (C=O) groups is 1. The van der Waals surface area contributed by atoms with Crippen molar-refractivity contribution in [3.63, 3.8) is 0 Å². The molecule has 2 unspecified atom stereocenters. The SMILES string of the molecule is CC1(C(N)=O)CCCCC1c1ccc(O)c(Cl)c1Cl. The summed E-state index contributed by atoms with van der Waals surface area (Å²) in [5, 5.41) is 10.0. The van der Waals surface area contributed by atoms with Gasteiger partial charge in [0.05, 0.1) is 10.4 Å². The molecule has 0 bridgehead atoms. The van der Waals surface area contributed by atoms with Crippen molar-refractivity contribution in [1.29, 1.82) is 0 Å². The van der Waals surface area contributed by atoms with E-state index in [1.807, 2.05) is 6.92 Å². The number of hydrogen-bond acceptors (Lipinski definition) is 2. The average molecular weight is 302 g/mol. The van der Waals surface area contributed by atoms with E-state index in [-0.39, 0.29) is 22.6 Å². The number of hydrogen-bond donors (Lipinski definition) is 2. The summed E-state index contributed by atoms with van der Waals surface area (Å²) in [7, 11) is 0. The Labute approximate surface area is 122 Å². The first-order valence-corrected chi connectivity index (χ1v) is 7.10. The summed E-state index contributed by atoms with van der Waals surface area (Å²) in [6, 6.07) is 3.25. The van der Waals surface area contributed by atoms with Gasteiger partial charge in [-0.3, -0.25) is 4.79 Å². The van der Waals surface area contributed by atoms with Crippen LogP contribution in [0.3, 0.4) is 0 Å². The maximum atomic E-state index is 11.8. The molecule has 0 saturated heterocycles. The van der Waals surface area contributed by atoms with E-state index in [1.165, 1.54) is 6.07 Å². The number of halogens is 2. The van der Waals surface area contributed by atoms with Crippen LogP contribution in [0.15, 0.2) is 12.1 Å². The van der Waals surface area contributed by atoms with Crippen LogP contribution in [-0.4, -0.2) is 11.0 Å². The summed E-state index contributed by atoms with van der Waals surface area (Å²) in [6.07, 6.45) is 3.61. The highest BCUT2D eigenvalue weighted by molar-refractivity contribution is 6.43. The number of aromatic hydroxyl groups is 1. The van der Waals surface area contributed by atoms with E-state index < -0.39 is 5.41 Å². The standard InChI is InChI=1S/C14H17Cl2NO2/c1-14(13(17)19)7-3-2-4-9(14)8-5-6-10(18)12(16)11(8)15/h5-6,9,18H,2-4,7H2,1H3,(H2,17,19). The van der Waals surface area contributed by atoms with Crippen molar-refractivity contribution in [2.24, 2.45) is 11.1 Å². The van der Waals surface area contributed by atoms with Gasteiger partial charge in [0, 0.05) is 0 Å². The van der Waals surface area contributed by atoms with Gasteiger partial charge in [-0.05, 0) is 30.4 Å². The fraction of sp³-hybridized carbons (Fsp3) is 0.500. The third-order valence-corrected chi connectivity index (χ3v) is 5.12. The topological polar surface area (TPSA) is 63.3 Å². The Morgan fingerprint density at radius 3 is 2.68 bits per heavy atom. The van der Waals surface area contributed by atoms with Gasteiger partial charge in [0.2, 0.25) is 5.91 Å². The van der Waals surface area contributed by atoms with E-state index in [4.69, 9.17) is 28.9 Å². The molecule has 0 spiro atoms. The van der Waals surface area contributed by atoms with Crippen LogP contribution in [0.25, 0.3) is 0 Å². The molecule has 1 amide bonds. The number of nitrogens with two attached hydrogens (primary N) is 1. The molecule has 2 atom stereocenters. The summed E-state index contributed by atoms with van der Waals surface area (Å²) >= 11 is 12.2. The van der Waals surface area contributed by atoms with Gasteiger partial charge in [-0.15, -0.1) is 0 Å². The second kappa shape index (κ2) is 5.22. The van der Waals surface area contributed by atoms with Gasteiger partial charge in [-0.1, -0.05) is 49.0 Å². The highest BCUT2D eigenvalue weighted by atomic mass is 35.5. The Kier molecular flexibility index (Phi) is 3.98. The van der Waals surface area contributed by atoms with Crippen LogP contribution in [0.5, 0.6) is 5.75 Å². The van der Waals surface area contributed by atoms with Crippen LogP contribution in [0.4, 0.5) is 0 Å². The van der Waals surface area contributed by atoms with Crippen molar-refractivity contribution in [1.82, 2.24) is 0 Å². The van der Waals surface area contributed by atoms with Crippen LogP contribution in [0.1, 0.15) is 44.1 Å². The Bertz CT molecular complexity index is 518. The Morgan fingerprint density at radius 2 is 2.05 bits per heavy atom. The minimum atomic E-state index is -0.609. The highest BCUT2D eigenvalue weighted by Crippen LogP contribution is 2.50. The van der Waals surface area contributed by atoms with E-state index >= 15 is 0 Å². The third-order valence-electron chi connectivity index (χ3n) is 4.24. The smallest absolute Gasteiger partial charge is 0.223 e. The lowest BCUT2D eigenvalue weighted by atomic mass is 9.64. The van der Waals surface area contributed by atoms with Gasteiger partial charge < -0.3 is 10.8 Å². The third kappa shape index (κ3) is 2.41. The molecular weight excluding hydrogens is 285 g/mol. The summed E-state index contributed by atoms with van der Waals surface area (Å²) in [6.45, 7) is 1.89. The Morgan fingerprint density at radius 1 is 1.37 bits per heavy atom. The van der Waals surface area contributed by atoms with E-state index in [0.29, 0.717) is 5.02 Å². The van der Waals surface area contributed by atoms with E-state index in [0.717, 1.165) is 31.2 Å². The molecule has 5 heteroatoms. The Balaban J connectivity index is 2.50. The predicted molar refractivity (Wildman–Crippen MR) is 76.6 cm³/mol. The van der Waals surface area contributed by atoms with Crippen molar-refractivity contribution in [2.75, 3.05) is 0 Å². The lowest BCUT2D eigenvalue weighted by molar-refractivity contribution is -0.129. The average Bonchev–Trinajstić information content (AvgIpc) is 2.37. The molecule has 3 nitrogen and oxygen atoms in total. The number of phenolic OH excluding ortho intramolecular Hbond substituents is 1. The van der Waals surface area contributed by atoms with Crippen molar-refractivity contribution in [2.45, 2.75) is 38.5 Å². The van der Waals surface area contributed by atoms with Crippen LogP contribution in [-0.2, 0) is 4.79 Å². The molecular formula is C14H17Cl2NO2. The van der Waals surface area contributed by atoms with Gasteiger partial charge in [-0.25, -0.2) is 0 Å². The molecule has 1 aromatic rings. The van der Waals surface area contributed by atoms with Gasteiger partial charge in [0.25, 0.3) is 0 Å². The summed E-state index contributed by atoms with van der Waals surface area (Å²) in [4.78, 5) is 11.8. The van der Waals surface area contributed by atoms with Crippen LogP contribution in [0.2, 0.25) is 10.0 Å². The van der Waals surface area contributed by atoms with Crippen molar-refractivity contribution in [3.8, 4) is 5.75 Å². The van der Waals surface area contributed by atoms with Crippen molar-refractivity contribution >= 4 is 29.1 Å². The molecule has 1 saturated carbocycles. The van der Waals surface area contributed by atoms with Gasteiger partial charge >= 0.3 is 0 Å². The summed E-state index contributed by atoms with van der Waals surface area (Å²) in [5.74, 6) is -0.409. The first-order chi connectivity index (χ1) is 8.88. The molecule has 1 aromatic carbocycles. The normalized spacial score (nSPS) is 27.2. The quantitative estimate of drug-likeness (QED) is 0.871. The van der Waals surface area contributed by atoms with Crippen molar-refractivity contribution < 1.29 is 9.90 Å². The van der Waals surface area contributed by atoms with Gasteiger partial charge in [0.1, 0.15) is 10.8 Å². The molecule has 0 aromatic heterocycles. The molecule has 3 N–H and O–H groups in total. The lowest BCUT2D eigenvalue weighted by Crippen LogP contribution is -2.41. The van der Waals surface area contributed by atoms with Crippen LogP contribution in [0, 0.1) is 5.41 Å². The fourth-order valence-electron chi connectivity index (χ4n) is 2.95. The first kappa shape index (κ1) is 14.5. The maximum absolute atomic E-state index is 11.8. The maximum Gasteiger partial charge on any atom is 0.223 e. The number of amides is 1. The second-order valence-corrected chi connectivity index (χ2v) is 6.14. The number of carbonyl (C=O) groups excluding carboxylic acids is 1. The van der Waals surface area contributed by atoms with E-state index in [2.05, 4.69) is 0 Å². The zero-order valence-corrected chi connectivity index (χ0v) is 12.3. The largest absolute Gasteiger partial charge is 0.506 e. The number of primary amides is 1. The summed E-state index contributed by atoms with van der Waals surface area (Å²) < 4.78 is 0. The summed E-state index contributed by atoms with van der Waals surface area (Å²) in [5.41, 5.74) is 5.77. The zero-order valence-electron chi connectivity index (χ0n) is 10.7. The lowest BCUT2D eigenvalue weighted by Gasteiger charge is -2.39. The molecule has 0 heterocycles. The first-order valence-electron chi connectivity index (χ1n) is 6.34. The molecule has 104 valence electrons. The zero-order chi connectivity index (χ0) is 14.2. The van der Waals surface area contributed by atoms with E-state index in [9.17, 15) is 9.90 Å². The number of phenols is 1. The second-order valence-electron chi connectivity index (χ2n) is 5.38. The molecule has 1 fully saturated rings. The minimum Gasteiger partial charge on any atom is -0.506 e. The molecule has 1 aliphatic rings. The van der Waals surface area contributed by atoms with Crippen LogP contribution < -0.4 is 5.73 Å². The van der Waals surface area contributed by atoms with Gasteiger partial charge in [0.15, 0.2) is 0 Å². The van der Waals surface area contributed by atoms with E-state index in [1.54, 1.807) is 6.07 Å². The monoisotopic (exact) mass is 301 g/mol. The van der Waals surface area contributed by atoms with Gasteiger partial charge in [-0.2, -0.15) is 0 Å². The predicted octanol–water partition coefficient (Wildman–Crippen LogP) is 3.85. The number of benzene rings is 1.